The van der Waals surface area contributed by atoms with Crippen LogP contribution in [0.15, 0.2) is 29.3 Å². The summed E-state index contributed by atoms with van der Waals surface area (Å²) in [5, 5.41) is 6.39. The van der Waals surface area contributed by atoms with Crippen LogP contribution in [-0.2, 0) is 27.1 Å². The average Bonchev–Trinajstić information content (AvgIpc) is 2.54. The number of methoxy groups -OCH3 is 1. The average molecular weight is 342 g/mol. The zero-order valence-corrected chi connectivity index (χ0v) is 14.7. The highest BCUT2D eigenvalue weighted by atomic mass is 32.2. The molecule has 0 fully saturated rings. The maximum atomic E-state index is 11.6. The molecule has 0 radical (unpaired) electrons. The molecule has 0 amide bonds. The van der Waals surface area contributed by atoms with Gasteiger partial charge in [-0.05, 0) is 24.6 Å². The minimum Gasteiger partial charge on any atom is -0.385 e. The molecule has 0 aliphatic rings. The summed E-state index contributed by atoms with van der Waals surface area (Å²) < 4.78 is 30.5. The summed E-state index contributed by atoms with van der Waals surface area (Å²) in [7, 11) is 1.54. The van der Waals surface area contributed by atoms with E-state index in [1.165, 1.54) is 7.05 Å². The van der Waals surface area contributed by atoms with Gasteiger partial charge < -0.3 is 15.4 Å². The zero-order valence-electron chi connectivity index (χ0n) is 13.9. The molecule has 0 aliphatic carbocycles. The Morgan fingerprint density at radius 2 is 2.00 bits per heavy atom. The Bertz CT molecular complexity index is 602. The molecule has 0 atom stereocenters. The molecule has 8 heteroatoms. The van der Waals surface area contributed by atoms with Gasteiger partial charge in [-0.1, -0.05) is 24.3 Å². The highest BCUT2D eigenvalue weighted by Gasteiger charge is 2.08. The maximum Gasteiger partial charge on any atom is 0.215 e. The van der Waals surface area contributed by atoms with Crippen LogP contribution >= 0.6 is 0 Å². The summed E-state index contributed by atoms with van der Waals surface area (Å²) in [5.41, 5.74) is 1.75. The maximum absolute atomic E-state index is 11.6. The predicted octanol–water partition coefficient (Wildman–Crippen LogP) is 0.437. The Morgan fingerprint density at radius 1 is 1.26 bits per heavy atom. The van der Waals surface area contributed by atoms with Crippen LogP contribution in [0.25, 0.3) is 0 Å². The van der Waals surface area contributed by atoms with E-state index in [-0.39, 0.29) is 5.75 Å². The summed E-state index contributed by atoms with van der Waals surface area (Å²) in [6, 6.07) is 7.48. The monoisotopic (exact) mass is 342 g/mol. The fraction of sp³-hybridized carbons (Fsp3) is 0.533. The third-order valence-electron chi connectivity index (χ3n) is 3.16. The molecular weight excluding hydrogens is 316 g/mol. The molecule has 0 heterocycles. The van der Waals surface area contributed by atoms with Crippen molar-refractivity contribution in [2.45, 2.75) is 18.7 Å². The minimum absolute atomic E-state index is 0.0265. The first-order valence-electron chi connectivity index (χ1n) is 7.43. The van der Waals surface area contributed by atoms with Crippen LogP contribution < -0.4 is 15.4 Å². The Labute approximate surface area is 138 Å². The standard InChI is InChI=1S/C15H26N4O3S/c1-16-15(18-8-5-9-22-3)19-11-13-6-4-7-14(10-13)12-23(20,21)17-2/h4,6-7,10,17H,5,8-9,11-12H2,1-3H3,(H2,16,18,19). The van der Waals surface area contributed by atoms with Crippen LogP contribution in [0.3, 0.4) is 0 Å². The zero-order chi connectivity index (χ0) is 17.1. The number of rotatable bonds is 9. The van der Waals surface area contributed by atoms with E-state index < -0.39 is 10.0 Å². The quantitative estimate of drug-likeness (QED) is 0.344. The molecular formula is C15H26N4O3S. The lowest BCUT2D eigenvalue weighted by atomic mass is 10.1. The number of guanidine groups is 1. The van der Waals surface area contributed by atoms with Gasteiger partial charge in [-0.3, -0.25) is 4.99 Å². The number of nitrogens with one attached hydrogen (secondary N) is 3. The van der Waals surface area contributed by atoms with E-state index in [4.69, 9.17) is 4.74 Å². The van der Waals surface area contributed by atoms with Gasteiger partial charge in [-0.15, -0.1) is 0 Å². The van der Waals surface area contributed by atoms with Crippen LogP contribution in [0.1, 0.15) is 17.5 Å². The van der Waals surface area contributed by atoms with Gasteiger partial charge in [0.1, 0.15) is 0 Å². The topological polar surface area (TPSA) is 91.8 Å². The van der Waals surface area contributed by atoms with Gasteiger partial charge in [-0.2, -0.15) is 0 Å². The van der Waals surface area contributed by atoms with E-state index in [1.54, 1.807) is 20.2 Å². The van der Waals surface area contributed by atoms with Crippen LogP contribution in [0.4, 0.5) is 0 Å². The minimum atomic E-state index is -3.26. The van der Waals surface area contributed by atoms with Crippen molar-refractivity contribution < 1.29 is 13.2 Å². The number of hydrogen-bond donors (Lipinski definition) is 3. The van der Waals surface area contributed by atoms with Crippen molar-refractivity contribution in [1.82, 2.24) is 15.4 Å². The highest BCUT2D eigenvalue weighted by Crippen LogP contribution is 2.08. The van der Waals surface area contributed by atoms with Crippen molar-refractivity contribution in [3.05, 3.63) is 35.4 Å². The van der Waals surface area contributed by atoms with E-state index in [0.29, 0.717) is 19.1 Å². The first kappa shape index (κ1) is 19.4. The van der Waals surface area contributed by atoms with Gasteiger partial charge in [0.2, 0.25) is 10.0 Å². The van der Waals surface area contributed by atoms with E-state index >= 15 is 0 Å². The summed E-state index contributed by atoms with van der Waals surface area (Å²) >= 11 is 0. The third-order valence-corrected chi connectivity index (χ3v) is 4.50. The normalized spacial score (nSPS) is 12.2. The van der Waals surface area contributed by atoms with Crippen molar-refractivity contribution in [3.8, 4) is 0 Å². The van der Waals surface area contributed by atoms with Crippen LogP contribution in [0.5, 0.6) is 0 Å². The van der Waals surface area contributed by atoms with Gasteiger partial charge in [-0.25, -0.2) is 13.1 Å². The lowest BCUT2D eigenvalue weighted by Crippen LogP contribution is -2.37. The van der Waals surface area contributed by atoms with Crippen molar-refractivity contribution in [1.29, 1.82) is 0 Å². The molecule has 0 aliphatic heterocycles. The third kappa shape index (κ3) is 7.96. The molecule has 3 N–H and O–H groups in total. The van der Waals surface area contributed by atoms with Crippen molar-refractivity contribution >= 4 is 16.0 Å². The number of aliphatic imine (C=N–C) groups is 1. The lowest BCUT2D eigenvalue weighted by Gasteiger charge is -2.12. The molecule has 0 unspecified atom stereocenters. The van der Waals surface area contributed by atoms with E-state index in [9.17, 15) is 8.42 Å². The first-order valence-corrected chi connectivity index (χ1v) is 9.08. The Morgan fingerprint density at radius 3 is 2.65 bits per heavy atom. The number of hydrogen-bond acceptors (Lipinski definition) is 4. The van der Waals surface area contributed by atoms with Gasteiger partial charge >= 0.3 is 0 Å². The van der Waals surface area contributed by atoms with Gasteiger partial charge in [0.05, 0.1) is 5.75 Å². The molecule has 1 aromatic rings. The van der Waals surface area contributed by atoms with Crippen molar-refractivity contribution in [3.63, 3.8) is 0 Å². The number of benzene rings is 1. The number of sulfonamides is 1. The lowest BCUT2D eigenvalue weighted by molar-refractivity contribution is 0.195. The SMILES string of the molecule is CN=C(NCCCOC)NCc1cccc(CS(=O)(=O)NC)c1. The van der Waals surface area contributed by atoms with E-state index in [0.717, 1.165) is 24.1 Å². The Hall–Kier alpha value is -1.64. The Balaban J connectivity index is 2.53. The van der Waals surface area contributed by atoms with Gasteiger partial charge in [0, 0.05) is 33.9 Å². The molecule has 0 bridgehead atoms. The molecule has 7 nitrogen and oxygen atoms in total. The summed E-state index contributed by atoms with van der Waals surface area (Å²) in [6.45, 7) is 2.04. The molecule has 130 valence electrons. The van der Waals surface area contributed by atoms with Crippen molar-refractivity contribution in [2.75, 3.05) is 34.4 Å². The molecule has 23 heavy (non-hydrogen) atoms. The smallest absolute Gasteiger partial charge is 0.215 e. The van der Waals surface area contributed by atoms with Crippen LogP contribution in [0.2, 0.25) is 0 Å². The second kappa shape index (κ2) is 10.2. The van der Waals surface area contributed by atoms with E-state index in [1.807, 2.05) is 18.2 Å². The molecule has 0 aromatic heterocycles. The first-order chi connectivity index (χ1) is 11.0. The van der Waals surface area contributed by atoms with Crippen molar-refractivity contribution in [2.24, 2.45) is 4.99 Å². The predicted molar refractivity (Wildman–Crippen MR) is 92.8 cm³/mol. The molecule has 1 aromatic carbocycles. The molecule has 1 rings (SSSR count). The second-order valence-electron chi connectivity index (χ2n) is 4.98. The van der Waals surface area contributed by atoms with Gasteiger partial charge in [0.25, 0.3) is 0 Å². The Kier molecular flexibility index (Phi) is 8.60. The largest absolute Gasteiger partial charge is 0.385 e. The molecule has 0 saturated carbocycles. The van der Waals surface area contributed by atoms with E-state index in [2.05, 4.69) is 20.3 Å². The number of nitrogens with zero attached hydrogens (tertiary/aromatic N) is 1. The second-order valence-corrected chi connectivity index (χ2v) is 6.91. The molecule has 0 spiro atoms. The fourth-order valence-electron chi connectivity index (χ4n) is 1.95. The highest BCUT2D eigenvalue weighted by molar-refractivity contribution is 7.88. The molecule has 0 saturated heterocycles. The van der Waals surface area contributed by atoms with Crippen LogP contribution in [0, 0.1) is 0 Å². The number of ether oxygens (including phenoxy) is 1. The summed E-state index contributed by atoms with van der Waals surface area (Å²) in [4.78, 5) is 4.14. The van der Waals surface area contributed by atoms with Gasteiger partial charge in [0.15, 0.2) is 5.96 Å². The van der Waals surface area contributed by atoms with Crippen LogP contribution in [-0.4, -0.2) is 48.7 Å². The summed E-state index contributed by atoms with van der Waals surface area (Å²) in [6.07, 6.45) is 0.897. The summed E-state index contributed by atoms with van der Waals surface area (Å²) in [5.74, 6) is 0.677. The fourth-order valence-corrected chi connectivity index (χ4v) is 2.71.